The quantitative estimate of drug-likeness (QED) is 0.241. The lowest BCUT2D eigenvalue weighted by molar-refractivity contribution is -0.0597. The second kappa shape index (κ2) is 9.96. The van der Waals surface area contributed by atoms with Gasteiger partial charge in [-0.3, -0.25) is 4.28 Å². The average molecular weight is 530 g/mol. The van der Waals surface area contributed by atoms with Crippen molar-refractivity contribution in [1.82, 2.24) is 0 Å². The van der Waals surface area contributed by atoms with Gasteiger partial charge < -0.3 is 8.92 Å². The fourth-order valence-electron chi connectivity index (χ4n) is 2.69. The van der Waals surface area contributed by atoms with Crippen LogP contribution in [0, 0.1) is 6.92 Å². The first-order valence-electron chi connectivity index (χ1n) is 9.66. The van der Waals surface area contributed by atoms with E-state index in [1.165, 1.54) is 31.4 Å². The summed E-state index contributed by atoms with van der Waals surface area (Å²) in [6.07, 6.45) is -5.02. The number of rotatable bonds is 8. The standard InChI is InChI=1S/C22H18F3NO7S2/c1-15-3-11-19(12-4-15)34(27,28)32-18-9-13-20(14-10-18)35(29,30)33-26-21(22(23,24)25)16-5-7-17(31-2)8-6-16/h3-14H,1-2H3/b26-21-. The predicted octanol–water partition coefficient (Wildman–Crippen LogP) is 4.44. The molecule has 3 rings (SSSR count). The molecule has 0 N–H and O–H groups in total. The maximum Gasteiger partial charge on any atom is 0.437 e. The highest BCUT2D eigenvalue weighted by atomic mass is 32.2. The molecule has 3 aromatic rings. The summed E-state index contributed by atoms with van der Waals surface area (Å²) in [5.74, 6) is 0.0674. The topological polar surface area (TPSA) is 108 Å². The number of nitrogens with zero attached hydrogens (tertiary/aromatic N) is 1. The van der Waals surface area contributed by atoms with Crippen molar-refractivity contribution in [3.05, 3.63) is 83.9 Å². The number of ether oxygens (including phenoxy) is 1. The molecule has 0 heterocycles. The van der Waals surface area contributed by atoms with E-state index in [-0.39, 0.29) is 16.4 Å². The van der Waals surface area contributed by atoms with Crippen molar-refractivity contribution in [2.45, 2.75) is 22.9 Å². The molecule has 13 heteroatoms. The van der Waals surface area contributed by atoms with E-state index < -0.39 is 42.6 Å². The molecule has 8 nitrogen and oxygen atoms in total. The summed E-state index contributed by atoms with van der Waals surface area (Å²) in [5, 5.41) is 2.83. The zero-order valence-electron chi connectivity index (χ0n) is 18.2. The van der Waals surface area contributed by atoms with Crippen molar-refractivity contribution in [3.63, 3.8) is 0 Å². The third kappa shape index (κ3) is 6.51. The highest BCUT2D eigenvalue weighted by Gasteiger charge is 2.38. The highest BCUT2D eigenvalue weighted by molar-refractivity contribution is 7.87. The predicted molar refractivity (Wildman–Crippen MR) is 119 cm³/mol. The van der Waals surface area contributed by atoms with Gasteiger partial charge in [-0.2, -0.15) is 30.0 Å². The van der Waals surface area contributed by atoms with Crippen LogP contribution >= 0.6 is 0 Å². The Kier molecular flexibility index (Phi) is 7.41. The van der Waals surface area contributed by atoms with Crippen LogP contribution in [0.25, 0.3) is 0 Å². The van der Waals surface area contributed by atoms with Gasteiger partial charge in [0.15, 0.2) is 5.71 Å². The second-order valence-electron chi connectivity index (χ2n) is 7.02. The van der Waals surface area contributed by atoms with Crippen LogP contribution in [0.1, 0.15) is 11.1 Å². The molecule has 0 fully saturated rings. The van der Waals surface area contributed by atoms with Crippen LogP contribution in [0.5, 0.6) is 11.5 Å². The third-order valence-electron chi connectivity index (χ3n) is 4.49. The molecule has 0 unspecified atom stereocenters. The van der Waals surface area contributed by atoms with Crippen molar-refractivity contribution >= 4 is 25.9 Å². The van der Waals surface area contributed by atoms with Gasteiger partial charge in [0.2, 0.25) is 0 Å². The van der Waals surface area contributed by atoms with Gasteiger partial charge in [0, 0.05) is 5.56 Å². The van der Waals surface area contributed by atoms with Crippen LogP contribution in [0.3, 0.4) is 0 Å². The summed E-state index contributed by atoms with van der Waals surface area (Å²) in [4.78, 5) is -0.687. The van der Waals surface area contributed by atoms with Crippen LogP contribution in [0.4, 0.5) is 13.2 Å². The number of methoxy groups -OCH3 is 1. The lowest BCUT2D eigenvalue weighted by atomic mass is 10.1. The van der Waals surface area contributed by atoms with Crippen molar-refractivity contribution in [2.75, 3.05) is 7.11 Å². The molecule has 3 aromatic carbocycles. The van der Waals surface area contributed by atoms with Gasteiger partial charge >= 0.3 is 26.4 Å². The van der Waals surface area contributed by atoms with Gasteiger partial charge in [0.05, 0.1) is 7.11 Å². The smallest absolute Gasteiger partial charge is 0.437 e. The Morgan fingerprint density at radius 3 is 1.74 bits per heavy atom. The fourth-order valence-corrected chi connectivity index (χ4v) is 4.35. The minimum Gasteiger partial charge on any atom is -0.497 e. The first-order valence-corrected chi connectivity index (χ1v) is 12.5. The second-order valence-corrected chi connectivity index (χ2v) is 10.1. The monoisotopic (exact) mass is 529 g/mol. The van der Waals surface area contributed by atoms with Gasteiger partial charge in [0.25, 0.3) is 0 Å². The fraction of sp³-hybridized carbons (Fsp3) is 0.136. The van der Waals surface area contributed by atoms with Crippen LogP contribution in [0.2, 0.25) is 0 Å². The van der Waals surface area contributed by atoms with Gasteiger partial charge in [-0.25, -0.2) is 0 Å². The van der Waals surface area contributed by atoms with E-state index in [0.29, 0.717) is 0 Å². The Bertz CT molecular complexity index is 1420. The van der Waals surface area contributed by atoms with Gasteiger partial charge in [0.1, 0.15) is 21.3 Å². The first-order chi connectivity index (χ1) is 16.3. The molecule has 0 radical (unpaired) electrons. The van der Waals surface area contributed by atoms with E-state index >= 15 is 0 Å². The minimum atomic E-state index is -5.02. The van der Waals surface area contributed by atoms with Crippen LogP contribution in [0.15, 0.2) is 87.7 Å². The van der Waals surface area contributed by atoms with E-state index in [1.807, 2.05) is 0 Å². The van der Waals surface area contributed by atoms with E-state index in [1.54, 1.807) is 19.1 Å². The van der Waals surface area contributed by atoms with E-state index in [9.17, 15) is 30.0 Å². The molecular weight excluding hydrogens is 511 g/mol. The molecular formula is C22H18F3NO7S2. The molecule has 0 atom stereocenters. The Balaban J connectivity index is 1.81. The molecule has 0 aliphatic carbocycles. The van der Waals surface area contributed by atoms with Crippen molar-refractivity contribution < 1.29 is 43.2 Å². The zero-order chi connectivity index (χ0) is 25.9. The first kappa shape index (κ1) is 26.0. The Morgan fingerprint density at radius 1 is 0.743 bits per heavy atom. The summed E-state index contributed by atoms with van der Waals surface area (Å²) < 4.78 is 104. The normalized spacial score (nSPS) is 12.8. The van der Waals surface area contributed by atoms with Crippen molar-refractivity contribution in [3.8, 4) is 11.5 Å². The minimum absolute atomic E-state index is 0.115. The van der Waals surface area contributed by atoms with Gasteiger partial charge in [-0.05, 0) is 67.6 Å². The molecule has 0 amide bonds. The van der Waals surface area contributed by atoms with Crippen molar-refractivity contribution in [1.29, 1.82) is 0 Å². The summed E-state index contributed by atoms with van der Waals surface area (Å²) in [6.45, 7) is 1.78. The van der Waals surface area contributed by atoms with Crippen LogP contribution in [-0.2, 0) is 24.5 Å². The highest BCUT2D eigenvalue weighted by Crippen LogP contribution is 2.26. The molecule has 0 aromatic heterocycles. The molecule has 0 saturated heterocycles. The number of aryl methyl sites for hydroxylation is 1. The molecule has 0 bridgehead atoms. The number of halogens is 3. The van der Waals surface area contributed by atoms with E-state index in [4.69, 9.17) is 8.92 Å². The number of oxime groups is 1. The number of benzene rings is 3. The Morgan fingerprint density at radius 2 is 1.23 bits per heavy atom. The molecule has 186 valence electrons. The zero-order valence-corrected chi connectivity index (χ0v) is 19.8. The number of alkyl halides is 3. The van der Waals surface area contributed by atoms with Gasteiger partial charge in [-0.1, -0.05) is 22.9 Å². The Hall–Kier alpha value is -3.58. The lowest BCUT2D eigenvalue weighted by Gasteiger charge is -2.11. The third-order valence-corrected chi connectivity index (χ3v) is 6.87. The molecule has 0 aliphatic heterocycles. The largest absolute Gasteiger partial charge is 0.497 e. The number of hydrogen-bond acceptors (Lipinski definition) is 8. The Labute approximate surface area is 199 Å². The summed E-state index contributed by atoms with van der Waals surface area (Å²) in [6, 6.07) is 14.3. The molecule has 0 aliphatic rings. The summed E-state index contributed by atoms with van der Waals surface area (Å²) in [7, 11) is -7.63. The molecule has 0 spiro atoms. The van der Waals surface area contributed by atoms with E-state index in [0.717, 1.165) is 42.0 Å². The maximum atomic E-state index is 13.4. The van der Waals surface area contributed by atoms with Crippen LogP contribution in [-0.4, -0.2) is 35.8 Å². The SMILES string of the molecule is COc1ccc(/C(=N/OS(=O)(=O)c2ccc(OS(=O)(=O)c3ccc(C)cc3)cc2)C(F)(F)F)cc1. The maximum absolute atomic E-state index is 13.4. The van der Waals surface area contributed by atoms with Crippen molar-refractivity contribution in [2.24, 2.45) is 5.16 Å². The van der Waals surface area contributed by atoms with Crippen LogP contribution < -0.4 is 8.92 Å². The van der Waals surface area contributed by atoms with E-state index in [2.05, 4.69) is 9.44 Å². The van der Waals surface area contributed by atoms with Gasteiger partial charge in [-0.15, -0.1) is 0 Å². The lowest BCUT2D eigenvalue weighted by Crippen LogP contribution is -2.25. The summed E-state index contributed by atoms with van der Waals surface area (Å²) in [5.41, 5.74) is -1.19. The molecule has 35 heavy (non-hydrogen) atoms. The summed E-state index contributed by atoms with van der Waals surface area (Å²) >= 11 is 0. The average Bonchev–Trinajstić information content (AvgIpc) is 2.79. The number of hydrogen-bond donors (Lipinski definition) is 0. The molecule has 0 saturated carbocycles.